The Labute approximate surface area is 167 Å². The Morgan fingerprint density at radius 1 is 1.18 bits per heavy atom. The van der Waals surface area contributed by atoms with E-state index in [0.29, 0.717) is 25.4 Å². The molecule has 1 atom stereocenters. The smallest absolute Gasteiger partial charge is 0.289 e. The van der Waals surface area contributed by atoms with Crippen molar-refractivity contribution in [3.63, 3.8) is 0 Å². The summed E-state index contributed by atoms with van der Waals surface area (Å²) >= 11 is 1.66. The van der Waals surface area contributed by atoms with Crippen molar-refractivity contribution in [1.29, 1.82) is 0 Å². The highest BCUT2D eigenvalue weighted by molar-refractivity contribution is 7.09. The van der Waals surface area contributed by atoms with Crippen LogP contribution < -0.4 is 5.32 Å². The molecule has 28 heavy (non-hydrogen) atoms. The van der Waals surface area contributed by atoms with Gasteiger partial charge in [-0.05, 0) is 48.3 Å². The number of furan rings is 1. The van der Waals surface area contributed by atoms with Crippen molar-refractivity contribution in [1.82, 2.24) is 10.2 Å². The van der Waals surface area contributed by atoms with Crippen molar-refractivity contribution in [3.8, 4) is 0 Å². The van der Waals surface area contributed by atoms with E-state index in [4.69, 9.17) is 4.42 Å². The van der Waals surface area contributed by atoms with Crippen molar-refractivity contribution < 1.29 is 14.0 Å². The fourth-order valence-corrected chi connectivity index (χ4v) is 5.02. The molecule has 0 bridgehead atoms. The molecule has 1 spiro atoms. The van der Waals surface area contributed by atoms with Crippen molar-refractivity contribution in [2.75, 3.05) is 13.1 Å². The number of nitrogens with one attached hydrogen (secondary N) is 1. The molecule has 2 aromatic heterocycles. The second-order valence-electron chi connectivity index (χ2n) is 7.86. The maximum Gasteiger partial charge on any atom is 0.289 e. The number of carbonyl (C=O) groups excluding carboxylic acids is 2. The van der Waals surface area contributed by atoms with Crippen LogP contribution in [0.3, 0.4) is 0 Å². The fraction of sp³-hybridized carbons (Fsp3) is 0.364. The summed E-state index contributed by atoms with van der Waals surface area (Å²) in [7, 11) is 0. The Balaban J connectivity index is 1.17. The van der Waals surface area contributed by atoms with Crippen molar-refractivity contribution in [2.45, 2.75) is 25.8 Å². The Morgan fingerprint density at radius 3 is 2.75 bits per heavy atom. The first-order chi connectivity index (χ1) is 13.6. The number of rotatable bonds is 4. The van der Waals surface area contributed by atoms with Gasteiger partial charge in [-0.2, -0.15) is 0 Å². The minimum absolute atomic E-state index is 0.0506. The van der Waals surface area contributed by atoms with Gasteiger partial charge in [0.1, 0.15) is 5.58 Å². The molecule has 1 aliphatic heterocycles. The predicted octanol–water partition coefficient (Wildman–Crippen LogP) is 4.05. The van der Waals surface area contributed by atoms with Crippen LogP contribution >= 0.6 is 11.3 Å². The van der Waals surface area contributed by atoms with Gasteiger partial charge in [0.15, 0.2) is 5.76 Å². The number of hydrogen-bond acceptors (Lipinski definition) is 4. The second-order valence-corrected chi connectivity index (χ2v) is 8.89. The van der Waals surface area contributed by atoms with E-state index in [-0.39, 0.29) is 23.1 Å². The summed E-state index contributed by atoms with van der Waals surface area (Å²) in [6, 6.07) is 13.5. The third kappa shape index (κ3) is 3.11. The molecule has 0 radical (unpaired) electrons. The highest BCUT2D eigenvalue weighted by Gasteiger charge is 2.58. The summed E-state index contributed by atoms with van der Waals surface area (Å²) < 4.78 is 5.72. The van der Waals surface area contributed by atoms with E-state index in [2.05, 4.69) is 5.32 Å². The molecule has 144 valence electrons. The van der Waals surface area contributed by atoms with Gasteiger partial charge >= 0.3 is 0 Å². The zero-order valence-corrected chi connectivity index (χ0v) is 16.3. The molecular weight excluding hydrogens is 372 g/mol. The maximum atomic E-state index is 12.8. The monoisotopic (exact) mass is 394 g/mol. The molecule has 6 heteroatoms. The first kappa shape index (κ1) is 17.5. The average Bonchev–Trinajstić information content (AvgIpc) is 3.09. The molecular formula is C22H22N2O3S. The van der Waals surface area contributed by atoms with Gasteiger partial charge in [0.05, 0.1) is 6.54 Å². The zero-order valence-electron chi connectivity index (χ0n) is 15.5. The maximum absolute atomic E-state index is 12.8. The highest BCUT2D eigenvalue weighted by atomic mass is 32.1. The standard InChI is InChI=1S/C22H22N2O3S/c25-20(23-14-16-5-3-11-28-16)17-13-22(17)7-9-24(10-8-22)21(26)19-12-15-4-1-2-6-18(15)27-19/h1-6,11-12,17H,7-10,13-14H2,(H,23,25)/t17-/m0/s1. The quantitative estimate of drug-likeness (QED) is 0.726. The number of amides is 2. The summed E-state index contributed by atoms with van der Waals surface area (Å²) in [5.74, 6) is 0.602. The minimum atomic E-state index is -0.0506. The largest absolute Gasteiger partial charge is 0.451 e. The SMILES string of the molecule is O=C(NCc1cccs1)[C@@H]1CC12CCN(C(=O)c1cc3ccccc3o1)CC2. The van der Waals surface area contributed by atoms with E-state index >= 15 is 0 Å². The number of piperidine rings is 1. The second kappa shape index (κ2) is 6.78. The molecule has 1 N–H and O–H groups in total. The number of carbonyl (C=O) groups is 2. The molecule has 0 unspecified atom stereocenters. The van der Waals surface area contributed by atoms with Crippen LogP contribution in [-0.2, 0) is 11.3 Å². The molecule has 1 aliphatic carbocycles. The third-order valence-electron chi connectivity index (χ3n) is 6.21. The first-order valence-corrected chi connectivity index (χ1v) is 10.6. The van der Waals surface area contributed by atoms with Crippen LogP contribution in [0.25, 0.3) is 11.0 Å². The van der Waals surface area contributed by atoms with Gasteiger partial charge in [0.25, 0.3) is 5.91 Å². The minimum Gasteiger partial charge on any atom is -0.451 e. The van der Waals surface area contributed by atoms with Crippen LogP contribution in [-0.4, -0.2) is 29.8 Å². The molecule has 2 fully saturated rings. The topological polar surface area (TPSA) is 62.6 Å². The van der Waals surface area contributed by atoms with E-state index in [1.807, 2.05) is 52.7 Å². The van der Waals surface area contributed by atoms with Crippen molar-refractivity contribution in [2.24, 2.45) is 11.3 Å². The summed E-state index contributed by atoms with van der Waals surface area (Å²) in [6.45, 7) is 1.98. The molecule has 2 amide bonds. The molecule has 2 aliphatic rings. The van der Waals surface area contributed by atoms with E-state index in [1.54, 1.807) is 11.3 Å². The number of nitrogens with zero attached hydrogens (tertiary/aromatic N) is 1. The Kier molecular flexibility index (Phi) is 4.23. The lowest BCUT2D eigenvalue weighted by Crippen LogP contribution is -2.40. The fourth-order valence-electron chi connectivity index (χ4n) is 4.38. The van der Waals surface area contributed by atoms with Gasteiger partial charge in [-0.3, -0.25) is 9.59 Å². The zero-order chi connectivity index (χ0) is 19.1. The van der Waals surface area contributed by atoms with Crippen LogP contribution in [0, 0.1) is 11.3 Å². The van der Waals surface area contributed by atoms with Gasteiger partial charge in [-0.25, -0.2) is 0 Å². The number of likely N-dealkylation sites (tertiary alicyclic amines) is 1. The van der Waals surface area contributed by atoms with E-state index in [1.165, 1.54) is 4.88 Å². The summed E-state index contributed by atoms with van der Waals surface area (Å²) in [4.78, 5) is 28.4. The normalized spacial score (nSPS) is 20.4. The van der Waals surface area contributed by atoms with Crippen LogP contribution in [0.2, 0.25) is 0 Å². The molecule has 5 nitrogen and oxygen atoms in total. The Morgan fingerprint density at radius 2 is 2.00 bits per heavy atom. The van der Waals surface area contributed by atoms with E-state index in [0.717, 1.165) is 30.2 Å². The van der Waals surface area contributed by atoms with Gasteiger partial charge in [-0.15, -0.1) is 11.3 Å². The van der Waals surface area contributed by atoms with Crippen LogP contribution in [0.15, 0.2) is 52.3 Å². The Hall–Kier alpha value is -2.60. The molecule has 5 rings (SSSR count). The first-order valence-electron chi connectivity index (χ1n) is 9.73. The number of para-hydroxylation sites is 1. The molecule has 1 saturated carbocycles. The number of hydrogen-bond donors (Lipinski definition) is 1. The highest BCUT2D eigenvalue weighted by Crippen LogP contribution is 2.59. The summed E-state index contributed by atoms with van der Waals surface area (Å²) in [5, 5.41) is 6.04. The molecule has 1 saturated heterocycles. The predicted molar refractivity (Wildman–Crippen MR) is 108 cm³/mol. The summed E-state index contributed by atoms with van der Waals surface area (Å²) in [5.41, 5.74) is 0.827. The van der Waals surface area contributed by atoms with Gasteiger partial charge in [0.2, 0.25) is 5.91 Å². The lowest BCUT2D eigenvalue weighted by atomic mass is 9.90. The summed E-state index contributed by atoms with van der Waals surface area (Å²) in [6.07, 6.45) is 2.71. The van der Waals surface area contributed by atoms with Crippen LogP contribution in [0.5, 0.6) is 0 Å². The van der Waals surface area contributed by atoms with Crippen molar-refractivity contribution in [3.05, 3.63) is 58.5 Å². The number of benzene rings is 1. The van der Waals surface area contributed by atoms with Crippen LogP contribution in [0.1, 0.15) is 34.7 Å². The lowest BCUT2D eigenvalue weighted by Gasteiger charge is -2.32. The van der Waals surface area contributed by atoms with Gasteiger partial charge in [-0.1, -0.05) is 24.3 Å². The number of thiophene rings is 1. The van der Waals surface area contributed by atoms with Gasteiger partial charge < -0.3 is 14.6 Å². The average molecular weight is 394 g/mol. The molecule has 3 aromatic rings. The molecule has 1 aromatic carbocycles. The van der Waals surface area contributed by atoms with E-state index in [9.17, 15) is 9.59 Å². The third-order valence-corrected chi connectivity index (χ3v) is 7.08. The Bertz CT molecular complexity index is 983. The van der Waals surface area contributed by atoms with Crippen LogP contribution in [0.4, 0.5) is 0 Å². The van der Waals surface area contributed by atoms with Crippen molar-refractivity contribution >= 4 is 34.1 Å². The van der Waals surface area contributed by atoms with Gasteiger partial charge in [0, 0.05) is 29.3 Å². The van der Waals surface area contributed by atoms with E-state index < -0.39 is 0 Å². The molecule has 3 heterocycles. The lowest BCUT2D eigenvalue weighted by molar-refractivity contribution is -0.123. The number of fused-ring (bicyclic) bond motifs is 1.